The molecule has 0 atom stereocenters. The van der Waals surface area contributed by atoms with Gasteiger partial charge < -0.3 is 14.7 Å². The zero-order valence-corrected chi connectivity index (χ0v) is 12.8. The van der Waals surface area contributed by atoms with Gasteiger partial charge in [-0.25, -0.2) is 0 Å². The molecule has 4 nitrogen and oxygen atoms in total. The maximum absolute atomic E-state index is 13.2. The second kappa shape index (κ2) is 5.70. The van der Waals surface area contributed by atoms with Crippen LogP contribution in [0.15, 0.2) is 48.5 Å². The zero-order chi connectivity index (χ0) is 15.8. The highest BCUT2D eigenvalue weighted by atomic mass is 16.5. The third-order valence-corrected chi connectivity index (χ3v) is 4.70. The summed E-state index contributed by atoms with van der Waals surface area (Å²) in [6.45, 7) is 1.23. The van der Waals surface area contributed by atoms with Crippen molar-refractivity contribution in [2.24, 2.45) is 0 Å². The van der Waals surface area contributed by atoms with Crippen LogP contribution in [0.4, 0.5) is 0 Å². The molecule has 0 spiro atoms. The van der Waals surface area contributed by atoms with Crippen molar-refractivity contribution in [3.8, 4) is 11.5 Å². The number of ether oxygens (including phenoxy) is 1. The minimum atomic E-state index is -0.327. The predicted molar refractivity (Wildman–Crippen MR) is 86.6 cm³/mol. The van der Waals surface area contributed by atoms with Gasteiger partial charge in [0.15, 0.2) is 0 Å². The summed E-state index contributed by atoms with van der Waals surface area (Å²) >= 11 is 0. The molecule has 1 fully saturated rings. The number of amides is 1. The van der Waals surface area contributed by atoms with E-state index in [2.05, 4.69) is 0 Å². The molecule has 0 unspecified atom stereocenters. The number of hydrogen-bond donors (Lipinski definition) is 1. The summed E-state index contributed by atoms with van der Waals surface area (Å²) in [6, 6.07) is 15.5. The van der Waals surface area contributed by atoms with Gasteiger partial charge in [0, 0.05) is 24.2 Å². The van der Waals surface area contributed by atoms with Crippen molar-refractivity contribution < 1.29 is 14.6 Å². The van der Waals surface area contributed by atoms with Crippen LogP contribution < -0.4 is 4.74 Å². The summed E-state index contributed by atoms with van der Waals surface area (Å²) in [5.41, 5.74) is 1.84. The molecule has 4 rings (SSSR count). The first-order chi connectivity index (χ1) is 11.2. The number of carbonyl (C=O) groups is 1. The Morgan fingerprint density at radius 3 is 2.04 bits per heavy atom. The van der Waals surface area contributed by atoms with Crippen molar-refractivity contribution in [1.29, 1.82) is 0 Å². The van der Waals surface area contributed by atoms with E-state index in [1.54, 1.807) is 0 Å². The maximum atomic E-state index is 13.2. The van der Waals surface area contributed by atoms with Gasteiger partial charge in [-0.3, -0.25) is 4.79 Å². The summed E-state index contributed by atoms with van der Waals surface area (Å²) in [5.74, 6) is 1.27. The number of rotatable bonds is 1. The summed E-state index contributed by atoms with van der Waals surface area (Å²) in [5, 5.41) is 9.68. The van der Waals surface area contributed by atoms with E-state index >= 15 is 0 Å². The van der Waals surface area contributed by atoms with Crippen LogP contribution in [0.3, 0.4) is 0 Å². The van der Waals surface area contributed by atoms with Crippen molar-refractivity contribution >= 4 is 5.91 Å². The normalized spacial score (nSPS) is 18.0. The van der Waals surface area contributed by atoms with Gasteiger partial charge in [-0.05, 0) is 25.0 Å². The summed E-state index contributed by atoms with van der Waals surface area (Å²) in [6.07, 6.45) is 1.02. The minimum absolute atomic E-state index is 0.0973. The second-order valence-electron chi connectivity index (χ2n) is 6.17. The van der Waals surface area contributed by atoms with Crippen molar-refractivity contribution in [2.75, 3.05) is 13.1 Å². The lowest BCUT2D eigenvalue weighted by atomic mass is 9.86. The van der Waals surface area contributed by atoms with Gasteiger partial charge in [-0.15, -0.1) is 0 Å². The number of benzene rings is 2. The maximum Gasteiger partial charge on any atom is 0.234 e. The number of piperidine rings is 1. The molecule has 0 bridgehead atoms. The molecule has 1 amide bonds. The highest BCUT2D eigenvalue weighted by Gasteiger charge is 2.35. The average Bonchev–Trinajstić information content (AvgIpc) is 2.59. The van der Waals surface area contributed by atoms with Crippen LogP contribution in [0.2, 0.25) is 0 Å². The monoisotopic (exact) mass is 309 g/mol. The largest absolute Gasteiger partial charge is 0.457 e. The van der Waals surface area contributed by atoms with Gasteiger partial charge in [0.2, 0.25) is 5.91 Å². The Morgan fingerprint density at radius 2 is 1.48 bits per heavy atom. The van der Waals surface area contributed by atoms with E-state index < -0.39 is 0 Å². The van der Waals surface area contributed by atoms with Crippen LogP contribution in [-0.2, 0) is 4.79 Å². The number of aliphatic hydroxyl groups is 1. The molecule has 2 aromatic carbocycles. The highest BCUT2D eigenvalue weighted by Crippen LogP contribution is 2.44. The molecule has 23 heavy (non-hydrogen) atoms. The number of carbonyl (C=O) groups excluding carboxylic acids is 1. The van der Waals surface area contributed by atoms with E-state index in [1.165, 1.54) is 0 Å². The molecule has 0 saturated carbocycles. The lowest BCUT2D eigenvalue weighted by molar-refractivity contribution is -0.134. The first kappa shape index (κ1) is 14.3. The third kappa shape index (κ3) is 2.49. The average molecular weight is 309 g/mol. The number of aliphatic hydroxyl groups excluding tert-OH is 1. The topological polar surface area (TPSA) is 49.8 Å². The first-order valence-corrected chi connectivity index (χ1v) is 8.06. The number of likely N-dealkylation sites (tertiary alicyclic amines) is 1. The predicted octanol–water partition coefficient (Wildman–Crippen LogP) is 2.91. The molecule has 2 aliphatic rings. The van der Waals surface area contributed by atoms with E-state index in [1.807, 2.05) is 53.4 Å². The van der Waals surface area contributed by atoms with Crippen molar-refractivity contribution in [1.82, 2.24) is 4.90 Å². The molecule has 118 valence electrons. The van der Waals surface area contributed by atoms with Gasteiger partial charge >= 0.3 is 0 Å². The Balaban J connectivity index is 1.74. The Bertz CT molecular complexity index is 689. The van der Waals surface area contributed by atoms with Crippen LogP contribution in [0.25, 0.3) is 0 Å². The van der Waals surface area contributed by atoms with Crippen LogP contribution >= 0.6 is 0 Å². The standard InChI is InChI=1S/C19H19NO3/c21-13-9-11-20(12-10-13)19(22)18-14-5-1-3-7-16(14)23-17-8-4-2-6-15(17)18/h1-8,13,18,21H,9-12H2. The SMILES string of the molecule is O=C(C1c2ccccc2Oc2ccccc21)N1CCC(O)CC1. The fourth-order valence-corrected chi connectivity index (χ4v) is 3.44. The molecule has 4 heteroatoms. The number of nitrogens with zero attached hydrogens (tertiary/aromatic N) is 1. The van der Waals surface area contributed by atoms with Crippen LogP contribution in [0.1, 0.15) is 29.9 Å². The molecule has 2 aromatic rings. The van der Waals surface area contributed by atoms with Crippen molar-refractivity contribution in [3.05, 3.63) is 59.7 Å². The Hall–Kier alpha value is -2.33. The van der Waals surface area contributed by atoms with E-state index in [0.29, 0.717) is 25.9 Å². The molecule has 1 N–H and O–H groups in total. The van der Waals surface area contributed by atoms with E-state index in [4.69, 9.17) is 4.74 Å². The molecule has 0 aliphatic carbocycles. The van der Waals surface area contributed by atoms with E-state index in [-0.39, 0.29) is 17.9 Å². The smallest absolute Gasteiger partial charge is 0.234 e. The Labute approximate surface area is 135 Å². The molecule has 2 heterocycles. The van der Waals surface area contributed by atoms with Gasteiger partial charge in [-0.2, -0.15) is 0 Å². The van der Waals surface area contributed by atoms with Crippen LogP contribution in [0.5, 0.6) is 11.5 Å². The number of fused-ring (bicyclic) bond motifs is 2. The quantitative estimate of drug-likeness (QED) is 0.881. The zero-order valence-electron chi connectivity index (χ0n) is 12.8. The van der Waals surface area contributed by atoms with Gasteiger partial charge in [0.25, 0.3) is 0 Å². The van der Waals surface area contributed by atoms with E-state index in [9.17, 15) is 9.90 Å². The summed E-state index contributed by atoms with van der Waals surface area (Å²) in [7, 11) is 0. The lowest BCUT2D eigenvalue weighted by Crippen LogP contribution is -2.43. The van der Waals surface area contributed by atoms with Crippen LogP contribution in [-0.4, -0.2) is 35.1 Å². The molecule has 2 aliphatic heterocycles. The Morgan fingerprint density at radius 1 is 0.957 bits per heavy atom. The third-order valence-electron chi connectivity index (χ3n) is 4.70. The van der Waals surface area contributed by atoms with Crippen molar-refractivity contribution in [3.63, 3.8) is 0 Å². The molecular weight excluding hydrogens is 290 g/mol. The van der Waals surface area contributed by atoms with Gasteiger partial charge in [0.05, 0.1) is 12.0 Å². The van der Waals surface area contributed by atoms with Gasteiger partial charge in [0.1, 0.15) is 11.5 Å². The van der Waals surface area contributed by atoms with Gasteiger partial charge in [-0.1, -0.05) is 36.4 Å². The molecular formula is C19H19NO3. The number of hydrogen-bond acceptors (Lipinski definition) is 3. The summed E-state index contributed by atoms with van der Waals surface area (Å²) in [4.78, 5) is 15.0. The Kier molecular flexibility index (Phi) is 3.54. The summed E-state index contributed by atoms with van der Waals surface area (Å²) < 4.78 is 5.95. The minimum Gasteiger partial charge on any atom is -0.457 e. The first-order valence-electron chi connectivity index (χ1n) is 8.06. The van der Waals surface area contributed by atoms with Crippen LogP contribution in [0, 0.1) is 0 Å². The molecule has 0 radical (unpaired) electrons. The molecule has 0 aromatic heterocycles. The fraction of sp³-hybridized carbons (Fsp3) is 0.316. The fourth-order valence-electron chi connectivity index (χ4n) is 3.44. The number of para-hydroxylation sites is 2. The second-order valence-corrected chi connectivity index (χ2v) is 6.17. The highest BCUT2D eigenvalue weighted by molar-refractivity contribution is 5.89. The molecule has 1 saturated heterocycles. The lowest BCUT2D eigenvalue weighted by Gasteiger charge is -2.35. The van der Waals surface area contributed by atoms with Crippen molar-refractivity contribution in [2.45, 2.75) is 24.9 Å². The van der Waals surface area contributed by atoms with E-state index in [0.717, 1.165) is 22.6 Å².